The predicted octanol–water partition coefficient (Wildman–Crippen LogP) is 3.89. The summed E-state index contributed by atoms with van der Waals surface area (Å²) in [6, 6.07) is 5.43. The van der Waals surface area contributed by atoms with Gasteiger partial charge in [-0.25, -0.2) is 4.79 Å². The second-order valence-electron chi connectivity index (χ2n) is 8.27. The van der Waals surface area contributed by atoms with Gasteiger partial charge in [0.1, 0.15) is 0 Å². The third-order valence-corrected chi connectivity index (χ3v) is 5.82. The number of amides is 3. The van der Waals surface area contributed by atoms with Gasteiger partial charge >= 0.3 is 6.03 Å². The summed E-state index contributed by atoms with van der Waals surface area (Å²) in [6.45, 7) is 4.95. The van der Waals surface area contributed by atoms with Crippen molar-refractivity contribution >= 4 is 23.3 Å². The number of anilines is 2. The molecule has 0 radical (unpaired) electrons. The molecule has 1 aliphatic carbocycles. The predicted molar refractivity (Wildman–Crippen MR) is 107 cm³/mol. The fourth-order valence-corrected chi connectivity index (χ4v) is 3.93. The van der Waals surface area contributed by atoms with Crippen LogP contribution in [0.4, 0.5) is 16.2 Å². The smallest absolute Gasteiger partial charge is 0.321 e. The molecule has 1 saturated carbocycles. The van der Waals surface area contributed by atoms with Gasteiger partial charge in [0.05, 0.1) is 5.60 Å². The van der Waals surface area contributed by atoms with Gasteiger partial charge < -0.3 is 20.6 Å². The van der Waals surface area contributed by atoms with Crippen molar-refractivity contribution in [3.8, 4) is 0 Å². The summed E-state index contributed by atoms with van der Waals surface area (Å²) in [5, 5.41) is 16.1. The van der Waals surface area contributed by atoms with E-state index >= 15 is 0 Å². The van der Waals surface area contributed by atoms with E-state index in [0.29, 0.717) is 31.6 Å². The minimum atomic E-state index is -0.698. The maximum Gasteiger partial charge on any atom is 0.321 e. The standard InChI is InChI=1S/C21H31N3O3/c1-15-8-9-17(14-18(15)23-19(25)16-6-3-4-7-16)22-20(26)24-12-5-10-21(2,27)11-13-24/h8-9,14,16,27H,3-7,10-13H2,1-2H3,(H,22,26)(H,23,25)/t21-/m0/s1. The van der Waals surface area contributed by atoms with Crippen LogP contribution in [0.3, 0.4) is 0 Å². The Kier molecular flexibility index (Phi) is 6.05. The zero-order chi connectivity index (χ0) is 19.4. The first kappa shape index (κ1) is 19.7. The van der Waals surface area contributed by atoms with Crippen molar-refractivity contribution in [1.29, 1.82) is 0 Å². The lowest BCUT2D eigenvalue weighted by Crippen LogP contribution is -2.36. The van der Waals surface area contributed by atoms with E-state index in [-0.39, 0.29) is 17.9 Å². The van der Waals surface area contributed by atoms with Gasteiger partial charge in [0, 0.05) is 30.4 Å². The van der Waals surface area contributed by atoms with Crippen LogP contribution in [0.15, 0.2) is 18.2 Å². The SMILES string of the molecule is Cc1ccc(NC(=O)N2CCC[C@](C)(O)CC2)cc1NC(=O)C1CCCC1. The number of likely N-dealkylation sites (tertiary alicyclic amines) is 1. The van der Waals surface area contributed by atoms with Crippen LogP contribution < -0.4 is 10.6 Å². The van der Waals surface area contributed by atoms with E-state index in [1.54, 1.807) is 4.90 Å². The van der Waals surface area contributed by atoms with Crippen molar-refractivity contribution < 1.29 is 14.7 Å². The number of hydrogen-bond acceptors (Lipinski definition) is 3. The lowest BCUT2D eigenvalue weighted by atomic mass is 9.98. The van der Waals surface area contributed by atoms with Crippen LogP contribution in [0.25, 0.3) is 0 Å². The van der Waals surface area contributed by atoms with Crippen LogP contribution in [0.5, 0.6) is 0 Å². The molecule has 1 aromatic rings. The van der Waals surface area contributed by atoms with E-state index in [9.17, 15) is 14.7 Å². The molecule has 0 aromatic heterocycles. The number of aliphatic hydroxyl groups is 1. The molecule has 3 N–H and O–H groups in total. The van der Waals surface area contributed by atoms with E-state index in [2.05, 4.69) is 10.6 Å². The number of benzene rings is 1. The molecular weight excluding hydrogens is 342 g/mol. The molecule has 0 spiro atoms. The van der Waals surface area contributed by atoms with E-state index in [1.807, 2.05) is 32.0 Å². The van der Waals surface area contributed by atoms with Crippen molar-refractivity contribution in [2.24, 2.45) is 5.92 Å². The molecule has 6 nitrogen and oxygen atoms in total. The normalized spacial score (nSPS) is 23.7. The lowest BCUT2D eigenvalue weighted by molar-refractivity contribution is -0.119. The molecule has 2 fully saturated rings. The number of aryl methyl sites for hydroxylation is 1. The van der Waals surface area contributed by atoms with Crippen molar-refractivity contribution in [1.82, 2.24) is 4.90 Å². The van der Waals surface area contributed by atoms with Gasteiger partial charge in [-0.15, -0.1) is 0 Å². The highest BCUT2D eigenvalue weighted by molar-refractivity contribution is 5.95. The Labute approximate surface area is 161 Å². The van der Waals surface area contributed by atoms with Crippen LogP contribution >= 0.6 is 0 Å². The average molecular weight is 373 g/mol. The Morgan fingerprint density at radius 1 is 1.11 bits per heavy atom. The van der Waals surface area contributed by atoms with Gasteiger partial charge in [-0.3, -0.25) is 4.79 Å². The monoisotopic (exact) mass is 373 g/mol. The van der Waals surface area contributed by atoms with Gasteiger partial charge in [-0.1, -0.05) is 18.9 Å². The van der Waals surface area contributed by atoms with Crippen molar-refractivity contribution in [3.05, 3.63) is 23.8 Å². The second-order valence-corrected chi connectivity index (χ2v) is 8.27. The first-order valence-corrected chi connectivity index (χ1v) is 10.0. The Bertz CT molecular complexity index is 696. The maximum atomic E-state index is 12.6. The van der Waals surface area contributed by atoms with Crippen LogP contribution in [0.2, 0.25) is 0 Å². The topological polar surface area (TPSA) is 81.7 Å². The number of nitrogens with one attached hydrogen (secondary N) is 2. The zero-order valence-electron chi connectivity index (χ0n) is 16.4. The molecule has 27 heavy (non-hydrogen) atoms. The first-order valence-electron chi connectivity index (χ1n) is 10.0. The van der Waals surface area contributed by atoms with Crippen LogP contribution in [-0.4, -0.2) is 40.6 Å². The van der Waals surface area contributed by atoms with Gasteiger partial charge in [0.2, 0.25) is 5.91 Å². The van der Waals surface area contributed by atoms with Crippen molar-refractivity contribution in [2.45, 2.75) is 64.4 Å². The van der Waals surface area contributed by atoms with Crippen LogP contribution in [0, 0.1) is 12.8 Å². The molecule has 2 aliphatic rings. The number of carbonyl (C=O) groups excluding carboxylic acids is 2. The summed E-state index contributed by atoms with van der Waals surface area (Å²) < 4.78 is 0. The summed E-state index contributed by atoms with van der Waals surface area (Å²) in [7, 11) is 0. The summed E-state index contributed by atoms with van der Waals surface area (Å²) >= 11 is 0. The van der Waals surface area contributed by atoms with Gasteiger partial charge in [-0.2, -0.15) is 0 Å². The van der Waals surface area contributed by atoms with E-state index in [0.717, 1.165) is 43.4 Å². The number of hydrogen-bond donors (Lipinski definition) is 3. The van der Waals surface area contributed by atoms with Crippen molar-refractivity contribution in [3.63, 3.8) is 0 Å². The fourth-order valence-electron chi connectivity index (χ4n) is 3.93. The summed E-state index contributed by atoms with van der Waals surface area (Å²) in [5.41, 5.74) is 1.70. The third-order valence-electron chi connectivity index (χ3n) is 5.82. The largest absolute Gasteiger partial charge is 0.390 e. The molecule has 1 heterocycles. The number of carbonyl (C=O) groups is 2. The first-order chi connectivity index (χ1) is 12.8. The zero-order valence-corrected chi connectivity index (χ0v) is 16.4. The Morgan fingerprint density at radius 2 is 1.85 bits per heavy atom. The Balaban J connectivity index is 1.63. The highest BCUT2D eigenvalue weighted by atomic mass is 16.3. The molecule has 3 rings (SSSR count). The second kappa shape index (κ2) is 8.30. The molecule has 1 atom stereocenters. The number of rotatable bonds is 3. The quantitative estimate of drug-likeness (QED) is 0.752. The van der Waals surface area contributed by atoms with Crippen LogP contribution in [0.1, 0.15) is 57.4 Å². The Hall–Kier alpha value is -2.08. The molecule has 0 unspecified atom stereocenters. The summed E-state index contributed by atoms with van der Waals surface area (Å²) in [5.74, 6) is 0.182. The highest BCUT2D eigenvalue weighted by Gasteiger charge is 2.27. The third kappa shape index (κ3) is 5.22. The molecule has 6 heteroatoms. The number of urea groups is 1. The van der Waals surface area contributed by atoms with E-state index in [1.165, 1.54) is 0 Å². The van der Waals surface area contributed by atoms with Crippen molar-refractivity contribution in [2.75, 3.05) is 23.7 Å². The number of nitrogens with zero attached hydrogens (tertiary/aromatic N) is 1. The average Bonchev–Trinajstić information content (AvgIpc) is 3.09. The molecular formula is C21H31N3O3. The minimum absolute atomic E-state index is 0.0776. The maximum absolute atomic E-state index is 12.6. The molecule has 1 saturated heterocycles. The lowest BCUT2D eigenvalue weighted by Gasteiger charge is -2.23. The van der Waals surface area contributed by atoms with Gasteiger partial charge in [-0.05, 0) is 63.6 Å². The van der Waals surface area contributed by atoms with Gasteiger partial charge in [0.15, 0.2) is 0 Å². The van der Waals surface area contributed by atoms with Crippen LogP contribution in [-0.2, 0) is 4.79 Å². The highest BCUT2D eigenvalue weighted by Crippen LogP contribution is 2.28. The Morgan fingerprint density at radius 3 is 2.59 bits per heavy atom. The summed E-state index contributed by atoms with van der Waals surface area (Å²) in [6.07, 6.45) is 6.23. The fraction of sp³-hybridized carbons (Fsp3) is 0.619. The molecule has 0 bridgehead atoms. The molecule has 1 aliphatic heterocycles. The molecule has 148 valence electrons. The summed E-state index contributed by atoms with van der Waals surface area (Å²) in [4.78, 5) is 26.8. The van der Waals surface area contributed by atoms with E-state index < -0.39 is 5.60 Å². The molecule has 1 aromatic carbocycles. The minimum Gasteiger partial charge on any atom is -0.390 e. The van der Waals surface area contributed by atoms with E-state index in [4.69, 9.17) is 0 Å². The van der Waals surface area contributed by atoms with Gasteiger partial charge in [0.25, 0.3) is 0 Å². The molecule has 3 amide bonds.